The number of hydrogen-bond acceptors (Lipinski definition) is 4. The average Bonchev–Trinajstić information content (AvgIpc) is 3.14. The van der Waals surface area contributed by atoms with Crippen molar-refractivity contribution in [2.45, 2.75) is 49.6 Å². The van der Waals surface area contributed by atoms with Crippen LogP contribution in [0.4, 0.5) is 0 Å². The molecule has 8 heteroatoms. The highest BCUT2D eigenvalue weighted by Crippen LogP contribution is 2.22. The van der Waals surface area contributed by atoms with Crippen molar-refractivity contribution in [1.82, 2.24) is 14.5 Å². The second-order valence-corrected chi connectivity index (χ2v) is 9.44. The van der Waals surface area contributed by atoms with Gasteiger partial charge in [0.05, 0.1) is 10.9 Å². The summed E-state index contributed by atoms with van der Waals surface area (Å²) in [4.78, 5) is 14.7. The van der Waals surface area contributed by atoms with E-state index in [4.69, 9.17) is 11.6 Å². The van der Waals surface area contributed by atoms with Gasteiger partial charge in [-0.2, -0.15) is 4.31 Å². The Morgan fingerprint density at radius 1 is 1.19 bits per heavy atom. The fourth-order valence-electron chi connectivity index (χ4n) is 3.67. The lowest BCUT2D eigenvalue weighted by Gasteiger charge is -2.37. The summed E-state index contributed by atoms with van der Waals surface area (Å²) in [6, 6.07) is 6.39. The SMILES string of the molecule is C[C@H](C(=O)NC1CCCC1)N1CCN(S(=O)(=O)c2cccc(Cl)c2)CC1. The van der Waals surface area contributed by atoms with Gasteiger partial charge in [-0.05, 0) is 38.0 Å². The molecule has 1 amide bonds. The van der Waals surface area contributed by atoms with Crippen molar-refractivity contribution in [3.05, 3.63) is 29.3 Å². The molecule has 1 N–H and O–H groups in total. The van der Waals surface area contributed by atoms with Crippen LogP contribution in [-0.2, 0) is 14.8 Å². The third kappa shape index (κ3) is 4.39. The van der Waals surface area contributed by atoms with E-state index in [0.29, 0.717) is 37.2 Å². The summed E-state index contributed by atoms with van der Waals surface area (Å²) >= 11 is 5.92. The molecule has 1 aliphatic carbocycles. The van der Waals surface area contributed by atoms with Gasteiger partial charge in [0.1, 0.15) is 0 Å². The van der Waals surface area contributed by atoms with Crippen LogP contribution < -0.4 is 5.32 Å². The van der Waals surface area contributed by atoms with E-state index in [0.717, 1.165) is 12.8 Å². The minimum Gasteiger partial charge on any atom is -0.352 e. The number of carbonyl (C=O) groups is 1. The molecule has 144 valence electrons. The van der Waals surface area contributed by atoms with Crippen molar-refractivity contribution in [3.8, 4) is 0 Å². The zero-order chi connectivity index (χ0) is 18.7. The van der Waals surface area contributed by atoms with E-state index in [9.17, 15) is 13.2 Å². The Labute approximate surface area is 160 Å². The average molecular weight is 400 g/mol. The van der Waals surface area contributed by atoms with Crippen molar-refractivity contribution < 1.29 is 13.2 Å². The van der Waals surface area contributed by atoms with Gasteiger partial charge in [0, 0.05) is 37.2 Å². The predicted molar refractivity (Wildman–Crippen MR) is 102 cm³/mol. The summed E-state index contributed by atoms with van der Waals surface area (Å²) in [5.74, 6) is 0.0445. The maximum Gasteiger partial charge on any atom is 0.243 e. The molecule has 1 atom stereocenters. The Kier molecular flexibility index (Phi) is 6.22. The van der Waals surface area contributed by atoms with Crippen molar-refractivity contribution in [3.63, 3.8) is 0 Å². The van der Waals surface area contributed by atoms with Gasteiger partial charge in [-0.25, -0.2) is 8.42 Å². The molecule has 2 fully saturated rings. The van der Waals surface area contributed by atoms with Crippen LogP contribution in [0.3, 0.4) is 0 Å². The number of benzene rings is 1. The van der Waals surface area contributed by atoms with Crippen LogP contribution in [0.5, 0.6) is 0 Å². The highest BCUT2D eigenvalue weighted by molar-refractivity contribution is 7.89. The van der Waals surface area contributed by atoms with E-state index in [1.54, 1.807) is 18.2 Å². The van der Waals surface area contributed by atoms with Gasteiger partial charge >= 0.3 is 0 Å². The molecule has 1 aliphatic heterocycles. The molecule has 1 aromatic rings. The molecule has 0 aromatic heterocycles. The highest BCUT2D eigenvalue weighted by atomic mass is 35.5. The number of carbonyl (C=O) groups excluding carboxylic acids is 1. The molecule has 0 unspecified atom stereocenters. The first kappa shape index (κ1) is 19.6. The number of sulfonamides is 1. The van der Waals surface area contributed by atoms with E-state index < -0.39 is 10.0 Å². The number of halogens is 1. The van der Waals surface area contributed by atoms with Crippen LogP contribution >= 0.6 is 11.6 Å². The molecule has 0 radical (unpaired) electrons. The van der Waals surface area contributed by atoms with E-state index in [1.807, 2.05) is 11.8 Å². The number of rotatable bonds is 5. The Morgan fingerprint density at radius 3 is 2.46 bits per heavy atom. The summed E-state index contributed by atoms with van der Waals surface area (Å²) in [6.45, 7) is 3.72. The van der Waals surface area contributed by atoms with Crippen LogP contribution in [0.15, 0.2) is 29.2 Å². The topological polar surface area (TPSA) is 69.7 Å². The molecule has 26 heavy (non-hydrogen) atoms. The van der Waals surface area contributed by atoms with Crippen LogP contribution in [-0.4, -0.2) is 61.8 Å². The lowest BCUT2D eigenvalue weighted by atomic mass is 10.2. The van der Waals surface area contributed by atoms with E-state index in [-0.39, 0.29) is 16.8 Å². The van der Waals surface area contributed by atoms with Gasteiger partial charge in [-0.3, -0.25) is 9.69 Å². The van der Waals surface area contributed by atoms with Gasteiger partial charge in [-0.15, -0.1) is 0 Å². The minimum absolute atomic E-state index is 0.0445. The summed E-state index contributed by atoms with van der Waals surface area (Å²) in [5, 5.41) is 3.53. The lowest BCUT2D eigenvalue weighted by Crippen LogP contribution is -2.55. The lowest BCUT2D eigenvalue weighted by molar-refractivity contribution is -0.127. The molecule has 1 heterocycles. The second-order valence-electron chi connectivity index (χ2n) is 7.06. The first-order valence-electron chi connectivity index (χ1n) is 9.18. The van der Waals surface area contributed by atoms with Gasteiger partial charge in [0.2, 0.25) is 15.9 Å². The Bertz CT molecular complexity index is 742. The first-order chi connectivity index (χ1) is 12.4. The molecule has 2 aliphatic rings. The number of amides is 1. The van der Waals surface area contributed by atoms with Gasteiger partial charge < -0.3 is 5.32 Å². The monoisotopic (exact) mass is 399 g/mol. The molecular formula is C18H26ClN3O3S. The van der Waals surface area contributed by atoms with Crippen molar-refractivity contribution >= 4 is 27.5 Å². The van der Waals surface area contributed by atoms with Crippen molar-refractivity contribution in [2.24, 2.45) is 0 Å². The van der Waals surface area contributed by atoms with E-state index >= 15 is 0 Å². The van der Waals surface area contributed by atoms with Crippen LogP contribution in [0.1, 0.15) is 32.6 Å². The fraction of sp³-hybridized carbons (Fsp3) is 0.611. The van der Waals surface area contributed by atoms with E-state index in [1.165, 1.54) is 23.2 Å². The van der Waals surface area contributed by atoms with Gasteiger partial charge in [0.25, 0.3) is 0 Å². The fourth-order valence-corrected chi connectivity index (χ4v) is 5.39. The minimum atomic E-state index is -3.55. The molecule has 1 saturated carbocycles. The van der Waals surface area contributed by atoms with Crippen molar-refractivity contribution in [2.75, 3.05) is 26.2 Å². The third-order valence-electron chi connectivity index (χ3n) is 5.34. The quantitative estimate of drug-likeness (QED) is 0.823. The standard InChI is InChI=1S/C18H26ClN3O3S/c1-14(18(23)20-16-6-2-3-7-16)21-9-11-22(12-10-21)26(24,25)17-8-4-5-15(19)13-17/h4-5,8,13-14,16H,2-3,6-7,9-12H2,1H3,(H,20,23)/t14-/m1/s1. The largest absolute Gasteiger partial charge is 0.352 e. The number of hydrogen-bond donors (Lipinski definition) is 1. The molecule has 6 nitrogen and oxygen atoms in total. The number of nitrogens with one attached hydrogen (secondary N) is 1. The third-order valence-corrected chi connectivity index (χ3v) is 7.47. The zero-order valence-corrected chi connectivity index (χ0v) is 16.6. The normalized spacial score (nSPS) is 21.6. The highest BCUT2D eigenvalue weighted by Gasteiger charge is 2.32. The smallest absolute Gasteiger partial charge is 0.243 e. The van der Waals surface area contributed by atoms with Crippen LogP contribution in [0.25, 0.3) is 0 Å². The Balaban J connectivity index is 1.57. The summed E-state index contributed by atoms with van der Waals surface area (Å²) in [7, 11) is -3.55. The summed E-state index contributed by atoms with van der Waals surface area (Å²) < 4.78 is 27.0. The van der Waals surface area contributed by atoms with Gasteiger partial charge in [-0.1, -0.05) is 30.5 Å². The number of piperazine rings is 1. The zero-order valence-electron chi connectivity index (χ0n) is 15.0. The molecule has 3 rings (SSSR count). The Hall–Kier alpha value is -1.15. The van der Waals surface area contributed by atoms with E-state index in [2.05, 4.69) is 5.32 Å². The second kappa shape index (κ2) is 8.25. The summed E-state index contributed by atoms with van der Waals surface area (Å²) in [6.07, 6.45) is 4.48. The summed E-state index contributed by atoms with van der Waals surface area (Å²) in [5.41, 5.74) is 0. The molecule has 0 bridgehead atoms. The maximum absolute atomic E-state index is 12.7. The molecule has 1 saturated heterocycles. The van der Waals surface area contributed by atoms with Crippen LogP contribution in [0.2, 0.25) is 5.02 Å². The molecule has 1 aromatic carbocycles. The maximum atomic E-state index is 12.7. The Morgan fingerprint density at radius 2 is 1.85 bits per heavy atom. The number of nitrogens with zero attached hydrogens (tertiary/aromatic N) is 2. The van der Waals surface area contributed by atoms with Crippen LogP contribution in [0, 0.1) is 0 Å². The van der Waals surface area contributed by atoms with Gasteiger partial charge in [0.15, 0.2) is 0 Å². The first-order valence-corrected chi connectivity index (χ1v) is 11.0. The molecule has 0 spiro atoms. The predicted octanol–water partition coefficient (Wildman–Crippen LogP) is 2.09. The molecular weight excluding hydrogens is 374 g/mol. The van der Waals surface area contributed by atoms with Crippen molar-refractivity contribution in [1.29, 1.82) is 0 Å².